The summed E-state index contributed by atoms with van der Waals surface area (Å²) in [4.78, 5) is 38.1. The molecular weight excluding hydrogens is 418 g/mol. The average Bonchev–Trinajstić information content (AvgIpc) is 2.84. The van der Waals surface area contributed by atoms with E-state index in [0.717, 1.165) is 10.8 Å². The van der Waals surface area contributed by atoms with Crippen LogP contribution in [0.2, 0.25) is 0 Å². The third kappa shape index (κ3) is 3.40. The van der Waals surface area contributed by atoms with Crippen molar-refractivity contribution in [1.82, 2.24) is 19.4 Å². The van der Waals surface area contributed by atoms with Crippen molar-refractivity contribution in [2.45, 2.75) is 6.92 Å². The highest BCUT2D eigenvalue weighted by atomic mass is 16.3. The number of pyridine rings is 1. The van der Waals surface area contributed by atoms with Gasteiger partial charge in [-0.15, -0.1) is 0 Å². The van der Waals surface area contributed by atoms with Gasteiger partial charge in [0.05, 0.1) is 11.1 Å². The SMILES string of the molecule is C=CC(=O)N1CCN(c2ncnc3c(=O)n(-c4c(O)ccc5ccccc45)c(C)cc23)CC1. The van der Waals surface area contributed by atoms with Crippen LogP contribution in [0.4, 0.5) is 5.82 Å². The van der Waals surface area contributed by atoms with Crippen LogP contribution in [0.25, 0.3) is 27.4 Å². The normalized spacial score (nSPS) is 14.1. The molecule has 0 aliphatic carbocycles. The number of hydrogen-bond acceptors (Lipinski definition) is 6. The molecule has 8 heteroatoms. The fourth-order valence-corrected chi connectivity index (χ4v) is 4.51. The molecule has 0 radical (unpaired) electrons. The molecule has 3 heterocycles. The number of hydrogen-bond donors (Lipinski definition) is 1. The molecule has 1 aliphatic rings. The lowest BCUT2D eigenvalue weighted by molar-refractivity contribution is -0.126. The van der Waals surface area contributed by atoms with E-state index in [1.165, 1.54) is 17.0 Å². The second-order valence-electron chi connectivity index (χ2n) is 8.06. The molecule has 0 spiro atoms. The number of carbonyl (C=O) groups excluding carboxylic acids is 1. The zero-order valence-corrected chi connectivity index (χ0v) is 18.2. The number of piperazine rings is 1. The van der Waals surface area contributed by atoms with E-state index < -0.39 is 0 Å². The Bertz CT molecular complexity index is 1470. The molecule has 0 saturated carbocycles. The highest BCUT2D eigenvalue weighted by molar-refractivity contribution is 5.94. The molecule has 166 valence electrons. The number of phenolic OH excluding ortho intramolecular Hbond substituents is 1. The van der Waals surface area contributed by atoms with E-state index in [1.54, 1.807) is 11.0 Å². The average molecular weight is 441 g/mol. The number of amides is 1. The minimum atomic E-state index is -0.319. The van der Waals surface area contributed by atoms with E-state index in [9.17, 15) is 14.7 Å². The Hall–Kier alpha value is -4.20. The number of benzene rings is 2. The summed E-state index contributed by atoms with van der Waals surface area (Å²) in [5.74, 6) is 0.603. The molecule has 0 atom stereocenters. The van der Waals surface area contributed by atoms with E-state index in [4.69, 9.17) is 0 Å². The quantitative estimate of drug-likeness (QED) is 0.492. The number of nitrogens with zero attached hydrogens (tertiary/aromatic N) is 5. The summed E-state index contributed by atoms with van der Waals surface area (Å²) < 4.78 is 1.51. The van der Waals surface area contributed by atoms with Crippen LogP contribution in [-0.2, 0) is 4.79 Å². The lowest BCUT2D eigenvalue weighted by atomic mass is 10.1. The van der Waals surface area contributed by atoms with Crippen LogP contribution in [0.15, 0.2) is 66.2 Å². The fourth-order valence-electron chi connectivity index (χ4n) is 4.51. The summed E-state index contributed by atoms with van der Waals surface area (Å²) in [6.45, 7) is 7.68. The highest BCUT2D eigenvalue weighted by Crippen LogP contribution is 2.32. The minimum absolute atomic E-state index is 0.0236. The molecule has 5 rings (SSSR count). The molecule has 2 aromatic heterocycles. The van der Waals surface area contributed by atoms with Gasteiger partial charge in [0.25, 0.3) is 5.56 Å². The first kappa shape index (κ1) is 20.7. The van der Waals surface area contributed by atoms with E-state index in [-0.39, 0.29) is 22.7 Å². The topological polar surface area (TPSA) is 91.6 Å². The van der Waals surface area contributed by atoms with Gasteiger partial charge < -0.3 is 14.9 Å². The van der Waals surface area contributed by atoms with Gasteiger partial charge in [0.2, 0.25) is 5.91 Å². The molecule has 1 saturated heterocycles. The number of fused-ring (bicyclic) bond motifs is 2. The van der Waals surface area contributed by atoms with Gasteiger partial charge in [-0.1, -0.05) is 36.9 Å². The van der Waals surface area contributed by atoms with E-state index in [0.29, 0.717) is 48.8 Å². The number of anilines is 1. The van der Waals surface area contributed by atoms with Crippen LogP contribution >= 0.6 is 0 Å². The Morgan fingerprint density at radius 1 is 1.06 bits per heavy atom. The fraction of sp³-hybridized carbons (Fsp3) is 0.200. The van der Waals surface area contributed by atoms with Gasteiger partial charge in [0.1, 0.15) is 23.4 Å². The third-order valence-corrected chi connectivity index (χ3v) is 6.14. The van der Waals surface area contributed by atoms with Crippen molar-refractivity contribution in [3.8, 4) is 11.4 Å². The van der Waals surface area contributed by atoms with Crippen molar-refractivity contribution in [2.75, 3.05) is 31.1 Å². The molecule has 1 aliphatic heterocycles. The van der Waals surface area contributed by atoms with Crippen molar-refractivity contribution in [1.29, 1.82) is 0 Å². The second-order valence-corrected chi connectivity index (χ2v) is 8.06. The Balaban J connectivity index is 1.64. The Morgan fingerprint density at radius 3 is 2.58 bits per heavy atom. The lowest BCUT2D eigenvalue weighted by Gasteiger charge is -2.35. The Kier molecular flexibility index (Phi) is 5.05. The van der Waals surface area contributed by atoms with Gasteiger partial charge in [-0.3, -0.25) is 14.2 Å². The van der Waals surface area contributed by atoms with Crippen molar-refractivity contribution in [3.63, 3.8) is 0 Å². The summed E-state index contributed by atoms with van der Waals surface area (Å²) >= 11 is 0. The number of phenols is 1. The molecule has 0 unspecified atom stereocenters. The number of aryl methyl sites for hydroxylation is 1. The van der Waals surface area contributed by atoms with Gasteiger partial charge in [0.15, 0.2) is 0 Å². The smallest absolute Gasteiger partial charge is 0.282 e. The second kappa shape index (κ2) is 8.05. The zero-order chi connectivity index (χ0) is 23.1. The first-order chi connectivity index (χ1) is 16.0. The summed E-state index contributed by atoms with van der Waals surface area (Å²) in [5, 5.41) is 13.0. The Morgan fingerprint density at radius 2 is 1.82 bits per heavy atom. The van der Waals surface area contributed by atoms with Gasteiger partial charge in [-0.25, -0.2) is 9.97 Å². The summed E-state index contributed by atoms with van der Waals surface area (Å²) in [5.41, 5.74) is 1.06. The number of aromatic hydroxyl groups is 1. The molecule has 1 fully saturated rings. The molecule has 0 bridgehead atoms. The predicted octanol–water partition coefficient (Wildman–Crippen LogP) is 2.78. The lowest BCUT2D eigenvalue weighted by Crippen LogP contribution is -2.48. The first-order valence-corrected chi connectivity index (χ1v) is 10.7. The molecule has 4 aromatic rings. The molecule has 33 heavy (non-hydrogen) atoms. The maximum absolute atomic E-state index is 13.6. The van der Waals surface area contributed by atoms with Gasteiger partial charge in [-0.2, -0.15) is 0 Å². The number of carbonyl (C=O) groups is 1. The molecule has 1 N–H and O–H groups in total. The van der Waals surface area contributed by atoms with Gasteiger partial charge >= 0.3 is 0 Å². The van der Waals surface area contributed by atoms with Crippen LogP contribution < -0.4 is 10.5 Å². The highest BCUT2D eigenvalue weighted by Gasteiger charge is 2.24. The van der Waals surface area contributed by atoms with Crippen LogP contribution in [0.1, 0.15) is 5.69 Å². The monoisotopic (exact) mass is 441 g/mol. The maximum atomic E-state index is 13.6. The largest absolute Gasteiger partial charge is 0.506 e. The van der Waals surface area contributed by atoms with Crippen LogP contribution in [0, 0.1) is 6.92 Å². The van der Waals surface area contributed by atoms with Crippen molar-refractivity contribution in [3.05, 3.63) is 77.5 Å². The standard InChI is InChI=1S/C25H23N5O3/c1-3-21(32)28-10-12-29(13-11-28)24-19-14-16(2)30(25(33)22(19)26-15-27-24)23-18-7-5-4-6-17(18)8-9-20(23)31/h3-9,14-15,31H,1,10-13H2,2H3. The maximum Gasteiger partial charge on any atom is 0.282 e. The number of rotatable bonds is 3. The first-order valence-electron chi connectivity index (χ1n) is 10.7. The predicted molar refractivity (Wildman–Crippen MR) is 128 cm³/mol. The van der Waals surface area contributed by atoms with Crippen molar-refractivity contribution >= 4 is 33.4 Å². The van der Waals surface area contributed by atoms with Crippen LogP contribution in [0.3, 0.4) is 0 Å². The summed E-state index contributed by atoms with van der Waals surface area (Å²) in [6.07, 6.45) is 2.72. The van der Waals surface area contributed by atoms with Gasteiger partial charge in [-0.05, 0) is 30.5 Å². The molecule has 1 amide bonds. The molecule has 8 nitrogen and oxygen atoms in total. The molecular formula is C25H23N5O3. The molecule has 2 aromatic carbocycles. The van der Waals surface area contributed by atoms with Crippen molar-refractivity contribution < 1.29 is 9.90 Å². The third-order valence-electron chi connectivity index (χ3n) is 6.14. The number of aromatic nitrogens is 3. The van der Waals surface area contributed by atoms with Crippen molar-refractivity contribution in [2.24, 2.45) is 0 Å². The zero-order valence-electron chi connectivity index (χ0n) is 18.2. The van der Waals surface area contributed by atoms with Crippen LogP contribution in [-0.4, -0.2) is 56.6 Å². The van der Waals surface area contributed by atoms with Gasteiger partial charge in [0, 0.05) is 37.3 Å². The van der Waals surface area contributed by atoms with E-state index in [2.05, 4.69) is 21.4 Å². The van der Waals surface area contributed by atoms with E-state index in [1.807, 2.05) is 43.3 Å². The Labute approximate surface area is 190 Å². The summed E-state index contributed by atoms with van der Waals surface area (Å²) in [7, 11) is 0. The summed E-state index contributed by atoms with van der Waals surface area (Å²) in [6, 6.07) is 12.9. The minimum Gasteiger partial charge on any atom is -0.506 e. The van der Waals surface area contributed by atoms with Crippen LogP contribution in [0.5, 0.6) is 5.75 Å². The van der Waals surface area contributed by atoms with E-state index >= 15 is 0 Å².